The van der Waals surface area contributed by atoms with Crippen molar-refractivity contribution >= 4 is 27.5 Å². The minimum absolute atomic E-state index is 0.298. The fourth-order valence-corrected chi connectivity index (χ4v) is 4.04. The van der Waals surface area contributed by atoms with Gasteiger partial charge in [-0.2, -0.15) is 14.6 Å². The number of ether oxygens (including phenoxy) is 2. The van der Waals surface area contributed by atoms with Crippen molar-refractivity contribution in [3.05, 3.63) is 40.3 Å². The van der Waals surface area contributed by atoms with Crippen LogP contribution in [0.2, 0.25) is 0 Å². The lowest BCUT2D eigenvalue weighted by Crippen LogP contribution is -2.46. The molecule has 2 aliphatic rings. The summed E-state index contributed by atoms with van der Waals surface area (Å²) in [5.74, 6) is 3.34. The van der Waals surface area contributed by atoms with Crippen LogP contribution in [-0.2, 0) is 6.54 Å². The van der Waals surface area contributed by atoms with E-state index in [-0.39, 0.29) is 0 Å². The minimum atomic E-state index is 0.298. The van der Waals surface area contributed by atoms with Crippen molar-refractivity contribution in [3.63, 3.8) is 0 Å². The van der Waals surface area contributed by atoms with Crippen LogP contribution in [0.5, 0.6) is 11.5 Å². The van der Waals surface area contributed by atoms with Crippen molar-refractivity contribution in [2.75, 3.05) is 37.9 Å². The van der Waals surface area contributed by atoms with E-state index in [1.165, 1.54) is 5.56 Å². The van der Waals surface area contributed by atoms with Crippen LogP contribution in [0.25, 0.3) is 5.78 Å². The lowest BCUT2D eigenvalue weighted by molar-refractivity contribution is 0.174. The summed E-state index contributed by atoms with van der Waals surface area (Å²) in [5.41, 5.74) is 2.17. The highest BCUT2D eigenvalue weighted by molar-refractivity contribution is 9.10. The number of anilines is 1. The molecule has 0 spiro atoms. The molecule has 4 heterocycles. The monoisotopic (exact) mass is 430 g/mol. The van der Waals surface area contributed by atoms with Crippen molar-refractivity contribution in [1.82, 2.24) is 24.5 Å². The number of piperazine rings is 1. The number of halogens is 1. The molecule has 0 atom stereocenters. The maximum atomic E-state index is 5.51. The highest BCUT2D eigenvalue weighted by Crippen LogP contribution is 2.37. The van der Waals surface area contributed by atoms with Gasteiger partial charge < -0.3 is 14.4 Å². The third-order valence-electron chi connectivity index (χ3n) is 4.99. The van der Waals surface area contributed by atoms with Gasteiger partial charge in [-0.25, -0.2) is 4.98 Å². The van der Waals surface area contributed by atoms with Gasteiger partial charge >= 0.3 is 0 Å². The summed E-state index contributed by atoms with van der Waals surface area (Å²) in [6.07, 6.45) is 1.55. The van der Waals surface area contributed by atoms with E-state index in [1.807, 2.05) is 17.5 Å². The summed E-state index contributed by atoms with van der Waals surface area (Å²) in [6, 6.07) is 6.14. The van der Waals surface area contributed by atoms with Crippen molar-refractivity contribution < 1.29 is 9.47 Å². The molecule has 0 saturated carbocycles. The molecule has 9 heteroatoms. The second kappa shape index (κ2) is 6.65. The van der Waals surface area contributed by atoms with Crippen molar-refractivity contribution in [2.45, 2.75) is 13.5 Å². The van der Waals surface area contributed by atoms with E-state index < -0.39 is 0 Å². The van der Waals surface area contributed by atoms with Crippen LogP contribution in [-0.4, -0.2) is 57.5 Å². The number of nitrogens with zero attached hydrogens (tertiary/aromatic N) is 6. The van der Waals surface area contributed by atoms with Crippen molar-refractivity contribution in [3.8, 4) is 11.5 Å². The minimum Gasteiger partial charge on any atom is -0.454 e. The van der Waals surface area contributed by atoms with Crippen LogP contribution < -0.4 is 14.4 Å². The molecule has 0 unspecified atom stereocenters. The Morgan fingerprint density at radius 2 is 1.85 bits per heavy atom. The zero-order chi connectivity index (χ0) is 18.4. The zero-order valence-electron chi connectivity index (χ0n) is 14.9. The molecular formula is C18H19BrN6O2. The molecular weight excluding hydrogens is 412 g/mol. The Kier molecular flexibility index (Phi) is 4.13. The molecule has 0 radical (unpaired) electrons. The van der Waals surface area contributed by atoms with Crippen LogP contribution in [0.3, 0.4) is 0 Å². The maximum absolute atomic E-state index is 5.51. The molecule has 5 rings (SSSR count). The Balaban J connectivity index is 1.30. The van der Waals surface area contributed by atoms with Crippen LogP contribution in [0.1, 0.15) is 11.3 Å². The van der Waals surface area contributed by atoms with Crippen molar-refractivity contribution in [2.24, 2.45) is 0 Å². The first-order valence-electron chi connectivity index (χ1n) is 8.90. The number of benzene rings is 1. The number of hydrogen-bond donors (Lipinski definition) is 0. The molecule has 1 saturated heterocycles. The standard InChI is InChI=1S/C18H19BrN6O2/c1-12-6-17(25-18(22-12)20-10-21-25)24-4-2-23(3-5-24)9-13-7-15-16(8-14(13)19)27-11-26-15/h6-8,10H,2-5,9,11H2,1H3. The van der Waals surface area contributed by atoms with Crippen LogP contribution >= 0.6 is 15.9 Å². The van der Waals surface area contributed by atoms with Crippen LogP contribution in [0.4, 0.5) is 5.82 Å². The third kappa shape index (κ3) is 3.10. The highest BCUT2D eigenvalue weighted by atomic mass is 79.9. The second-order valence-corrected chi connectivity index (χ2v) is 7.64. The zero-order valence-corrected chi connectivity index (χ0v) is 16.5. The van der Waals surface area contributed by atoms with Gasteiger partial charge in [-0.15, -0.1) is 0 Å². The Morgan fingerprint density at radius 3 is 2.67 bits per heavy atom. The van der Waals surface area contributed by atoms with E-state index in [1.54, 1.807) is 6.33 Å². The molecule has 2 aliphatic heterocycles. The Bertz CT molecular complexity index is 999. The average molecular weight is 431 g/mol. The molecule has 0 aliphatic carbocycles. The van der Waals surface area contributed by atoms with E-state index in [0.717, 1.165) is 60.2 Å². The SMILES string of the molecule is Cc1cc(N2CCN(Cc3cc4c(cc3Br)OCO4)CC2)n2ncnc2n1. The first-order chi connectivity index (χ1) is 13.2. The molecule has 0 bridgehead atoms. The second-order valence-electron chi connectivity index (χ2n) is 6.79. The quantitative estimate of drug-likeness (QED) is 0.630. The smallest absolute Gasteiger partial charge is 0.254 e. The summed E-state index contributed by atoms with van der Waals surface area (Å²) in [4.78, 5) is 13.4. The molecule has 8 nitrogen and oxygen atoms in total. The summed E-state index contributed by atoms with van der Waals surface area (Å²) in [7, 11) is 0. The number of hydrogen-bond acceptors (Lipinski definition) is 7. The fourth-order valence-electron chi connectivity index (χ4n) is 3.59. The molecule has 1 fully saturated rings. The number of fused-ring (bicyclic) bond motifs is 2. The van der Waals surface area contributed by atoms with Crippen LogP contribution in [0, 0.1) is 6.92 Å². The molecule has 0 N–H and O–H groups in total. The lowest BCUT2D eigenvalue weighted by Gasteiger charge is -2.36. The Labute approximate surface area is 164 Å². The van der Waals surface area contributed by atoms with Gasteiger partial charge in [0.15, 0.2) is 11.5 Å². The average Bonchev–Trinajstić information content (AvgIpc) is 3.30. The number of aromatic nitrogens is 4. The predicted molar refractivity (Wildman–Crippen MR) is 103 cm³/mol. The largest absolute Gasteiger partial charge is 0.454 e. The van der Waals surface area contributed by atoms with E-state index in [4.69, 9.17) is 9.47 Å². The van der Waals surface area contributed by atoms with Gasteiger partial charge in [-0.1, -0.05) is 15.9 Å². The van der Waals surface area contributed by atoms with E-state index in [9.17, 15) is 0 Å². The van der Waals surface area contributed by atoms with Gasteiger partial charge in [0.1, 0.15) is 12.1 Å². The van der Waals surface area contributed by atoms with E-state index >= 15 is 0 Å². The van der Waals surface area contributed by atoms with Gasteiger partial charge in [-0.3, -0.25) is 4.90 Å². The summed E-state index contributed by atoms with van der Waals surface area (Å²) in [6.45, 7) is 6.97. The summed E-state index contributed by atoms with van der Waals surface area (Å²) in [5, 5.41) is 4.32. The van der Waals surface area contributed by atoms with Gasteiger partial charge in [-0.05, 0) is 24.6 Å². The van der Waals surface area contributed by atoms with Gasteiger partial charge in [0.05, 0.1) is 0 Å². The normalized spacial score (nSPS) is 17.0. The van der Waals surface area contributed by atoms with Gasteiger partial charge in [0.2, 0.25) is 6.79 Å². The number of rotatable bonds is 3. The first-order valence-corrected chi connectivity index (χ1v) is 9.69. The molecule has 1 aromatic carbocycles. The predicted octanol–water partition coefficient (Wildman–Crippen LogP) is 2.25. The molecule has 0 amide bonds. The topological polar surface area (TPSA) is 68.0 Å². The van der Waals surface area contributed by atoms with Gasteiger partial charge in [0, 0.05) is 49.0 Å². The lowest BCUT2D eigenvalue weighted by atomic mass is 10.1. The molecule has 2 aromatic heterocycles. The Morgan fingerprint density at radius 1 is 1.07 bits per heavy atom. The first kappa shape index (κ1) is 16.8. The highest BCUT2D eigenvalue weighted by Gasteiger charge is 2.22. The van der Waals surface area contributed by atoms with E-state index in [2.05, 4.69) is 52.9 Å². The van der Waals surface area contributed by atoms with Gasteiger partial charge in [0.25, 0.3) is 5.78 Å². The summed E-state index contributed by atoms with van der Waals surface area (Å²) >= 11 is 3.66. The maximum Gasteiger partial charge on any atom is 0.254 e. The number of aryl methyl sites for hydroxylation is 1. The van der Waals surface area contributed by atoms with Crippen molar-refractivity contribution in [1.29, 1.82) is 0 Å². The third-order valence-corrected chi connectivity index (χ3v) is 5.73. The fraction of sp³-hybridized carbons (Fsp3) is 0.389. The molecule has 27 heavy (non-hydrogen) atoms. The molecule has 140 valence electrons. The Hall–Kier alpha value is -2.39. The van der Waals surface area contributed by atoms with E-state index in [0.29, 0.717) is 12.6 Å². The summed E-state index contributed by atoms with van der Waals surface area (Å²) < 4.78 is 13.8. The molecule has 3 aromatic rings. The van der Waals surface area contributed by atoms with Crippen LogP contribution in [0.15, 0.2) is 29.0 Å².